The van der Waals surface area contributed by atoms with E-state index in [9.17, 15) is 4.79 Å². The first-order valence-electron chi connectivity index (χ1n) is 7.01. The summed E-state index contributed by atoms with van der Waals surface area (Å²) in [4.78, 5) is 12.3. The molecule has 1 N–H and O–H groups in total. The van der Waals surface area contributed by atoms with Crippen LogP contribution in [0.3, 0.4) is 0 Å². The molecule has 3 rings (SSSR count). The zero-order valence-electron chi connectivity index (χ0n) is 12.0. The van der Waals surface area contributed by atoms with E-state index in [0.717, 1.165) is 10.9 Å². The van der Waals surface area contributed by atoms with Crippen LogP contribution in [-0.4, -0.2) is 10.2 Å². The Labute approximate surface area is 134 Å². The summed E-state index contributed by atoms with van der Waals surface area (Å²) in [7, 11) is 0. The average molecular weight is 322 g/mol. The van der Waals surface area contributed by atoms with Crippen LogP contribution in [0.15, 0.2) is 42.5 Å². The molecule has 4 heteroatoms. The minimum Gasteiger partial charge on any atom is -0.349 e. The largest absolute Gasteiger partial charge is 0.349 e. The molecule has 2 nitrogen and oxygen atoms in total. The Bertz CT molecular complexity index is 713. The fraction of sp³-hybridized carbons (Fsp3) is 0.353. The lowest BCUT2D eigenvalue weighted by Gasteiger charge is -2.19. The van der Waals surface area contributed by atoms with E-state index in [1.807, 2.05) is 25.1 Å². The predicted molar refractivity (Wildman–Crippen MR) is 87.7 cm³/mol. The van der Waals surface area contributed by atoms with Crippen LogP contribution in [0.4, 0.5) is 0 Å². The second-order valence-electron chi connectivity index (χ2n) is 6.02. The van der Waals surface area contributed by atoms with Crippen molar-refractivity contribution in [1.29, 1.82) is 0 Å². The number of halogens is 2. The number of hydrogen-bond acceptors (Lipinski definition) is 1. The lowest BCUT2D eigenvalue weighted by molar-refractivity contribution is -0.126. The van der Waals surface area contributed by atoms with Gasteiger partial charge >= 0.3 is 0 Å². The molecular formula is C17H17Cl2NO. The lowest BCUT2D eigenvalue weighted by Crippen LogP contribution is -2.35. The van der Waals surface area contributed by atoms with Crippen molar-refractivity contribution in [1.82, 2.24) is 5.32 Å². The molecule has 0 bridgehead atoms. The molecule has 1 aliphatic carbocycles. The van der Waals surface area contributed by atoms with Gasteiger partial charge in [-0.25, -0.2) is 0 Å². The fourth-order valence-electron chi connectivity index (χ4n) is 2.56. The summed E-state index contributed by atoms with van der Waals surface area (Å²) >= 11 is 12.1. The van der Waals surface area contributed by atoms with Gasteiger partial charge in [-0.2, -0.15) is 0 Å². The smallest absolute Gasteiger partial charge is 0.229 e. The van der Waals surface area contributed by atoms with Crippen molar-refractivity contribution in [3.05, 3.63) is 48.0 Å². The van der Waals surface area contributed by atoms with Gasteiger partial charge in [-0.05, 0) is 42.7 Å². The van der Waals surface area contributed by atoms with E-state index in [1.165, 1.54) is 5.39 Å². The maximum Gasteiger partial charge on any atom is 0.229 e. The van der Waals surface area contributed by atoms with Crippen molar-refractivity contribution in [3.63, 3.8) is 0 Å². The maximum absolute atomic E-state index is 12.3. The van der Waals surface area contributed by atoms with Crippen LogP contribution in [0.1, 0.15) is 31.9 Å². The van der Waals surface area contributed by atoms with Gasteiger partial charge in [0.25, 0.3) is 0 Å². The summed E-state index contributed by atoms with van der Waals surface area (Å²) in [6.07, 6.45) is 0.499. The van der Waals surface area contributed by atoms with Crippen LogP contribution >= 0.6 is 23.2 Å². The molecule has 1 amide bonds. The van der Waals surface area contributed by atoms with E-state index >= 15 is 0 Å². The lowest BCUT2D eigenvalue weighted by atomic mass is 10.0. The van der Waals surface area contributed by atoms with Crippen LogP contribution < -0.4 is 5.32 Å². The van der Waals surface area contributed by atoms with Crippen LogP contribution in [0.2, 0.25) is 0 Å². The van der Waals surface area contributed by atoms with E-state index in [4.69, 9.17) is 23.2 Å². The highest BCUT2D eigenvalue weighted by atomic mass is 35.5. The Balaban J connectivity index is 1.78. The average Bonchev–Trinajstić information content (AvgIpc) is 2.98. The number of carbonyl (C=O) groups excluding carboxylic acids is 1. The number of hydrogen-bond donors (Lipinski definition) is 1. The van der Waals surface area contributed by atoms with Crippen molar-refractivity contribution in [2.24, 2.45) is 5.41 Å². The summed E-state index contributed by atoms with van der Waals surface area (Å²) in [6.45, 7) is 3.77. The van der Waals surface area contributed by atoms with E-state index < -0.39 is 9.75 Å². The Morgan fingerprint density at radius 2 is 1.81 bits per heavy atom. The summed E-state index contributed by atoms with van der Waals surface area (Å²) in [6, 6.07) is 14.3. The molecular weight excluding hydrogens is 305 g/mol. The molecule has 0 aliphatic heterocycles. The van der Waals surface area contributed by atoms with E-state index in [0.29, 0.717) is 6.42 Å². The van der Waals surface area contributed by atoms with Gasteiger partial charge in [0.1, 0.15) is 4.33 Å². The molecule has 0 aromatic heterocycles. The summed E-state index contributed by atoms with van der Waals surface area (Å²) in [5.41, 5.74) is 0.391. The standard InChI is InChI=1S/C17H17Cl2NO/c1-11(20-15(21)16(2)10-17(16,18)19)13-8-7-12-5-3-4-6-14(12)9-13/h3-9,11H,10H2,1-2H3,(H,20,21). The molecule has 110 valence electrons. The molecule has 2 atom stereocenters. The number of amides is 1. The van der Waals surface area contributed by atoms with Crippen molar-refractivity contribution in [3.8, 4) is 0 Å². The zero-order valence-corrected chi connectivity index (χ0v) is 13.5. The Kier molecular flexibility index (Phi) is 3.42. The molecule has 0 saturated heterocycles. The second-order valence-corrected chi connectivity index (χ2v) is 7.50. The topological polar surface area (TPSA) is 29.1 Å². The molecule has 1 saturated carbocycles. The van der Waals surface area contributed by atoms with Crippen LogP contribution in [0.25, 0.3) is 10.8 Å². The van der Waals surface area contributed by atoms with Gasteiger partial charge in [0.15, 0.2) is 0 Å². The molecule has 2 aromatic rings. The SMILES string of the molecule is CC(NC(=O)C1(C)CC1(Cl)Cl)c1ccc2ccccc2c1. The quantitative estimate of drug-likeness (QED) is 0.822. The van der Waals surface area contributed by atoms with Crippen molar-refractivity contribution in [2.75, 3.05) is 0 Å². The number of carbonyl (C=O) groups is 1. The van der Waals surface area contributed by atoms with Crippen molar-refractivity contribution in [2.45, 2.75) is 30.6 Å². The maximum atomic E-state index is 12.3. The predicted octanol–water partition coefficient (Wildman–Crippen LogP) is 4.60. The van der Waals surface area contributed by atoms with E-state index in [2.05, 4.69) is 29.6 Å². The highest BCUT2D eigenvalue weighted by molar-refractivity contribution is 6.53. The second kappa shape index (κ2) is 4.89. The minimum atomic E-state index is -0.930. The summed E-state index contributed by atoms with van der Waals surface area (Å²) < 4.78 is -0.930. The van der Waals surface area contributed by atoms with Crippen LogP contribution in [0.5, 0.6) is 0 Å². The zero-order chi connectivity index (χ0) is 15.3. The molecule has 2 aromatic carbocycles. The third-order valence-corrected chi connectivity index (χ3v) is 5.48. The number of fused-ring (bicyclic) bond motifs is 1. The number of nitrogens with one attached hydrogen (secondary N) is 1. The Hall–Kier alpha value is -1.25. The Morgan fingerprint density at radius 1 is 1.19 bits per heavy atom. The third kappa shape index (κ3) is 2.51. The van der Waals surface area contributed by atoms with Gasteiger partial charge in [0, 0.05) is 0 Å². The van der Waals surface area contributed by atoms with E-state index in [1.54, 1.807) is 6.92 Å². The first-order valence-corrected chi connectivity index (χ1v) is 7.77. The number of rotatable bonds is 3. The number of alkyl halides is 2. The highest BCUT2D eigenvalue weighted by Gasteiger charge is 2.67. The molecule has 2 unspecified atom stereocenters. The first-order chi connectivity index (χ1) is 9.83. The van der Waals surface area contributed by atoms with Gasteiger partial charge in [-0.3, -0.25) is 4.79 Å². The van der Waals surface area contributed by atoms with Crippen molar-refractivity contribution >= 4 is 39.9 Å². The van der Waals surface area contributed by atoms with Crippen LogP contribution in [0, 0.1) is 5.41 Å². The van der Waals surface area contributed by atoms with Gasteiger partial charge in [0.2, 0.25) is 5.91 Å². The minimum absolute atomic E-state index is 0.0799. The fourth-order valence-corrected chi connectivity index (χ4v) is 3.27. The summed E-state index contributed by atoms with van der Waals surface area (Å²) in [5, 5.41) is 5.37. The monoisotopic (exact) mass is 321 g/mol. The van der Waals surface area contributed by atoms with E-state index in [-0.39, 0.29) is 11.9 Å². The molecule has 1 fully saturated rings. The summed E-state index contributed by atoms with van der Waals surface area (Å²) in [5.74, 6) is -0.0897. The normalized spacial score (nSPS) is 24.6. The first kappa shape index (κ1) is 14.7. The molecule has 0 heterocycles. The van der Waals surface area contributed by atoms with Gasteiger partial charge in [-0.1, -0.05) is 36.4 Å². The number of benzene rings is 2. The molecule has 1 aliphatic rings. The van der Waals surface area contributed by atoms with Gasteiger partial charge in [-0.15, -0.1) is 23.2 Å². The third-order valence-electron chi connectivity index (χ3n) is 4.38. The molecule has 0 radical (unpaired) electrons. The van der Waals surface area contributed by atoms with Gasteiger partial charge < -0.3 is 5.32 Å². The van der Waals surface area contributed by atoms with Gasteiger partial charge in [0.05, 0.1) is 11.5 Å². The van der Waals surface area contributed by atoms with Crippen LogP contribution in [-0.2, 0) is 4.79 Å². The van der Waals surface area contributed by atoms with Crippen molar-refractivity contribution < 1.29 is 4.79 Å². The molecule has 21 heavy (non-hydrogen) atoms. The highest BCUT2D eigenvalue weighted by Crippen LogP contribution is 2.63. The Morgan fingerprint density at radius 3 is 2.43 bits per heavy atom. The molecule has 0 spiro atoms.